The van der Waals surface area contributed by atoms with Crippen LogP contribution in [-0.4, -0.2) is 43.5 Å². The van der Waals surface area contributed by atoms with Gasteiger partial charge < -0.3 is 19.9 Å². The molecule has 1 fully saturated rings. The Morgan fingerprint density at radius 3 is 2.77 bits per heavy atom. The first-order chi connectivity index (χ1) is 10.6. The van der Waals surface area contributed by atoms with Gasteiger partial charge in [-0.1, -0.05) is 12.1 Å². The monoisotopic (exact) mass is 312 g/mol. The molecule has 1 atom stereocenters. The number of nitrogens with one attached hydrogen (secondary N) is 2. The molecule has 0 aliphatic carbocycles. The highest BCUT2D eigenvalue weighted by Crippen LogP contribution is 2.23. The number of ether oxygens (including phenoxy) is 2. The molecular formula is C15H21FN2O4. The standard InChI is InChI=1S/C14H18N2O3.CH3FO/c1-16-14(17)13(15)10-6-2-3-7-11(10)19-12-8-4-5-9-18-12;2-1-3/h2-3,6-7,12,15H,4-5,8-9H2,1H3,(H,16,17);3H,1H2. The zero-order valence-electron chi connectivity index (χ0n) is 12.5. The summed E-state index contributed by atoms with van der Waals surface area (Å²) in [7, 11) is 1.50. The molecule has 1 unspecified atom stereocenters. The summed E-state index contributed by atoms with van der Waals surface area (Å²) < 4.78 is 21.1. The molecule has 1 aliphatic heterocycles. The van der Waals surface area contributed by atoms with Crippen molar-refractivity contribution in [2.45, 2.75) is 25.6 Å². The minimum atomic E-state index is -1.25. The number of hydrogen-bond acceptors (Lipinski definition) is 5. The molecule has 22 heavy (non-hydrogen) atoms. The Morgan fingerprint density at radius 1 is 1.50 bits per heavy atom. The van der Waals surface area contributed by atoms with Crippen molar-refractivity contribution in [3.63, 3.8) is 0 Å². The highest BCUT2D eigenvalue weighted by atomic mass is 19.1. The molecule has 0 aromatic heterocycles. The van der Waals surface area contributed by atoms with Crippen LogP contribution in [0.5, 0.6) is 5.75 Å². The lowest BCUT2D eigenvalue weighted by Gasteiger charge is -2.24. The lowest BCUT2D eigenvalue weighted by atomic mass is 10.1. The predicted molar refractivity (Wildman–Crippen MR) is 79.8 cm³/mol. The zero-order chi connectivity index (χ0) is 16.4. The number of amides is 1. The Labute approximate surface area is 128 Å². The van der Waals surface area contributed by atoms with E-state index in [-0.39, 0.29) is 12.0 Å². The lowest BCUT2D eigenvalue weighted by molar-refractivity contribution is -0.114. The van der Waals surface area contributed by atoms with Crippen molar-refractivity contribution in [3.05, 3.63) is 29.8 Å². The topological polar surface area (TPSA) is 91.6 Å². The number of likely N-dealkylation sites (N-methyl/N-ethyl adjacent to an activating group) is 1. The highest BCUT2D eigenvalue weighted by molar-refractivity contribution is 6.44. The van der Waals surface area contributed by atoms with Gasteiger partial charge in [0.1, 0.15) is 11.5 Å². The van der Waals surface area contributed by atoms with Crippen molar-refractivity contribution in [2.24, 2.45) is 0 Å². The third kappa shape index (κ3) is 5.42. The summed E-state index contributed by atoms with van der Waals surface area (Å²) in [6.45, 7) is -0.556. The summed E-state index contributed by atoms with van der Waals surface area (Å²) in [5.41, 5.74) is 0.380. The molecule has 0 spiro atoms. The van der Waals surface area contributed by atoms with Gasteiger partial charge in [-0.15, -0.1) is 0 Å². The number of hydrogen-bond donors (Lipinski definition) is 3. The van der Waals surface area contributed by atoms with Crippen molar-refractivity contribution in [1.82, 2.24) is 5.32 Å². The number of carbonyl (C=O) groups is 1. The SMILES string of the molecule is CNC(=O)C(=N)c1ccccc1OC1CCCCO1.OCF. The maximum atomic E-state index is 11.5. The van der Waals surface area contributed by atoms with Crippen LogP contribution in [0, 0.1) is 5.41 Å². The smallest absolute Gasteiger partial charge is 0.269 e. The quantitative estimate of drug-likeness (QED) is 0.737. The second kappa shape index (κ2) is 9.86. The fourth-order valence-electron chi connectivity index (χ4n) is 1.97. The van der Waals surface area contributed by atoms with E-state index in [0.29, 0.717) is 17.9 Å². The van der Waals surface area contributed by atoms with Crippen molar-refractivity contribution in [3.8, 4) is 5.75 Å². The van der Waals surface area contributed by atoms with E-state index in [4.69, 9.17) is 20.0 Å². The van der Waals surface area contributed by atoms with E-state index in [1.165, 1.54) is 7.05 Å². The molecule has 7 heteroatoms. The van der Waals surface area contributed by atoms with Gasteiger partial charge in [0.05, 0.1) is 6.61 Å². The van der Waals surface area contributed by atoms with Gasteiger partial charge in [0.25, 0.3) is 5.91 Å². The summed E-state index contributed by atoms with van der Waals surface area (Å²) in [5, 5.41) is 17.2. The molecule has 0 bridgehead atoms. The second-order valence-electron chi connectivity index (χ2n) is 4.48. The van der Waals surface area contributed by atoms with Crippen LogP contribution in [0.4, 0.5) is 4.39 Å². The summed E-state index contributed by atoms with van der Waals surface area (Å²) in [4.78, 5) is 11.5. The number of para-hydroxylation sites is 1. The average molecular weight is 312 g/mol. The van der Waals surface area contributed by atoms with Gasteiger partial charge in [0.2, 0.25) is 0 Å². The fraction of sp³-hybridized carbons (Fsp3) is 0.467. The number of carbonyl (C=O) groups excluding carboxylic acids is 1. The van der Waals surface area contributed by atoms with Crippen LogP contribution in [0.25, 0.3) is 0 Å². The molecule has 1 amide bonds. The van der Waals surface area contributed by atoms with Crippen molar-refractivity contribution in [2.75, 3.05) is 20.5 Å². The van der Waals surface area contributed by atoms with E-state index in [0.717, 1.165) is 19.3 Å². The third-order valence-corrected chi connectivity index (χ3v) is 3.01. The molecule has 1 saturated heterocycles. The maximum absolute atomic E-state index is 11.5. The number of alkyl halides is 1. The number of halogens is 1. The van der Waals surface area contributed by atoms with E-state index >= 15 is 0 Å². The summed E-state index contributed by atoms with van der Waals surface area (Å²) in [6.07, 6.45) is 2.67. The second-order valence-corrected chi connectivity index (χ2v) is 4.48. The minimum Gasteiger partial charge on any atom is -0.464 e. The van der Waals surface area contributed by atoms with Crippen LogP contribution >= 0.6 is 0 Å². The number of benzene rings is 1. The first-order valence-electron chi connectivity index (χ1n) is 6.99. The summed E-state index contributed by atoms with van der Waals surface area (Å²) >= 11 is 0. The minimum absolute atomic E-state index is 0.103. The fourth-order valence-corrected chi connectivity index (χ4v) is 1.97. The molecule has 2 rings (SSSR count). The predicted octanol–water partition coefficient (Wildman–Crippen LogP) is 1.61. The van der Waals surface area contributed by atoms with Gasteiger partial charge in [-0.2, -0.15) is 0 Å². The first-order valence-corrected chi connectivity index (χ1v) is 6.99. The summed E-state index contributed by atoms with van der Waals surface area (Å²) in [6, 6.07) is 7.06. The van der Waals surface area contributed by atoms with E-state index in [9.17, 15) is 9.18 Å². The molecule has 0 saturated carbocycles. The Morgan fingerprint density at radius 2 is 2.18 bits per heavy atom. The lowest BCUT2D eigenvalue weighted by Crippen LogP contribution is -2.29. The number of aliphatic hydroxyl groups excluding tert-OH is 1. The van der Waals surface area contributed by atoms with Gasteiger partial charge >= 0.3 is 0 Å². The molecule has 122 valence electrons. The van der Waals surface area contributed by atoms with Crippen LogP contribution in [0.3, 0.4) is 0 Å². The molecule has 1 heterocycles. The summed E-state index contributed by atoms with van der Waals surface area (Å²) in [5.74, 6) is 0.0867. The molecular weight excluding hydrogens is 291 g/mol. The van der Waals surface area contributed by atoms with Crippen LogP contribution in [0.1, 0.15) is 24.8 Å². The van der Waals surface area contributed by atoms with Crippen molar-refractivity contribution >= 4 is 11.6 Å². The molecule has 1 aromatic rings. The number of aliphatic hydroxyl groups is 1. The van der Waals surface area contributed by atoms with Gasteiger partial charge in [-0.05, 0) is 25.0 Å². The van der Waals surface area contributed by atoms with Gasteiger partial charge in [0.15, 0.2) is 13.2 Å². The van der Waals surface area contributed by atoms with E-state index in [2.05, 4.69) is 5.32 Å². The van der Waals surface area contributed by atoms with Crippen LogP contribution < -0.4 is 10.1 Å². The van der Waals surface area contributed by atoms with Gasteiger partial charge in [-0.3, -0.25) is 10.2 Å². The van der Waals surface area contributed by atoms with Crippen molar-refractivity contribution < 1.29 is 23.8 Å². The largest absolute Gasteiger partial charge is 0.464 e. The van der Waals surface area contributed by atoms with Gasteiger partial charge in [-0.25, -0.2) is 4.39 Å². The molecule has 6 nitrogen and oxygen atoms in total. The van der Waals surface area contributed by atoms with E-state index in [1.54, 1.807) is 18.2 Å². The van der Waals surface area contributed by atoms with Crippen LogP contribution in [0.2, 0.25) is 0 Å². The average Bonchev–Trinajstić information content (AvgIpc) is 2.55. The Balaban J connectivity index is 0.000000745. The molecule has 1 aromatic carbocycles. The molecule has 0 radical (unpaired) electrons. The molecule has 3 N–H and O–H groups in total. The van der Waals surface area contributed by atoms with Crippen molar-refractivity contribution in [1.29, 1.82) is 5.41 Å². The Kier molecular flexibility index (Phi) is 8.09. The highest BCUT2D eigenvalue weighted by Gasteiger charge is 2.20. The first kappa shape index (κ1) is 18.1. The molecule has 1 aliphatic rings. The zero-order valence-corrected chi connectivity index (χ0v) is 12.5. The van der Waals surface area contributed by atoms with E-state index in [1.807, 2.05) is 6.07 Å². The van der Waals surface area contributed by atoms with Crippen LogP contribution in [-0.2, 0) is 9.53 Å². The number of rotatable bonds is 4. The maximum Gasteiger partial charge on any atom is 0.269 e. The third-order valence-electron chi connectivity index (χ3n) is 3.01. The van der Waals surface area contributed by atoms with Gasteiger partial charge in [0, 0.05) is 19.0 Å². The van der Waals surface area contributed by atoms with E-state index < -0.39 is 12.8 Å². The Bertz CT molecular complexity index is 490. The normalized spacial score (nSPS) is 17.0. The van der Waals surface area contributed by atoms with Crippen LogP contribution in [0.15, 0.2) is 24.3 Å². The Hall–Kier alpha value is -1.99.